The number of allylic oxidation sites excluding steroid dienone is 1. The van der Waals surface area contributed by atoms with Gasteiger partial charge in [-0.3, -0.25) is 4.79 Å². The molecule has 110 valence electrons. The summed E-state index contributed by atoms with van der Waals surface area (Å²) < 4.78 is 3.00. The molecular formula is C16H18BrN3O. The molecule has 1 heterocycles. The Hall–Kier alpha value is -1.88. The summed E-state index contributed by atoms with van der Waals surface area (Å²) in [7, 11) is 0. The first-order chi connectivity index (χ1) is 9.99. The second kappa shape index (κ2) is 6.72. The van der Waals surface area contributed by atoms with E-state index in [1.165, 1.54) is 0 Å². The Labute approximate surface area is 132 Å². The molecule has 2 aromatic rings. The van der Waals surface area contributed by atoms with Gasteiger partial charge < -0.3 is 9.88 Å². The second-order valence-electron chi connectivity index (χ2n) is 4.91. The van der Waals surface area contributed by atoms with Crippen LogP contribution < -0.4 is 5.32 Å². The smallest absolute Gasteiger partial charge is 0.246 e. The Bertz CT molecular complexity index is 703. The van der Waals surface area contributed by atoms with Crippen molar-refractivity contribution < 1.29 is 4.79 Å². The van der Waals surface area contributed by atoms with E-state index in [1.54, 1.807) is 6.92 Å². The number of nitrogens with one attached hydrogen (secondary N) is 1. The number of nitrogens with zero attached hydrogens (tertiary/aromatic N) is 2. The average molecular weight is 348 g/mol. The van der Waals surface area contributed by atoms with Gasteiger partial charge >= 0.3 is 0 Å². The van der Waals surface area contributed by atoms with Crippen LogP contribution in [0.3, 0.4) is 0 Å². The summed E-state index contributed by atoms with van der Waals surface area (Å²) in [5.41, 5.74) is 2.53. The number of benzene rings is 1. The van der Waals surface area contributed by atoms with Crippen molar-refractivity contribution in [3.05, 3.63) is 53.3 Å². The molecule has 1 N–H and O–H groups in total. The molecule has 5 heteroatoms. The van der Waals surface area contributed by atoms with Gasteiger partial charge in [-0.05, 0) is 19.1 Å². The first-order valence-electron chi connectivity index (χ1n) is 6.70. The van der Waals surface area contributed by atoms with Gasteiger partial charge in [-0.25, -0.2) is 4.98 Å². The van der Waals surface area contributed by atoms with Crippen LogP contribution in [-0.4, -0.2) is 22.0 Å². The monoisotopic (exact) mass is 347 g/mol. The number of carbonyl (C=O) groups is 1. The molecule has 0 aliphatic rings. The molecule has 0 atom stereocenters. The van der Waals surface area contributed by atoms with E-state index in [-0.39, 0.29) is 5.91 Å². The van der Waals surface area contributed by atoms with Gasteiger partial charge in [-0.1, -0.05) is 41.2 Å². The largest absolute Gasteiger partial charge is 0.352 e. The Balaban J connectivity index is 2.20. The molecule has 0 aliphatic carbocycles. The molecule has 0 aliphatic heterocycles. The van der Waals surface area contributed by atoms with Crippen molar-refractivity contribution in [3.8, 4) is 0 Å². The molecule has 2 rings (SSSR count). The molecular weight excluding hydrogens is 330 g/mol. The third-order valence-electron chi connectivity index (χ3n) is 3.09. The lowest BCUT2D eigenvalue weighted by atomic mass is 10.3. The third-order valence-corrected chi connectivity index (χ3v) is 3.34. The Kier molecular flexibility index (Phi) is 4.96. The van der Waals surface area contributed by atoms with Crippen molar-refractivity contribution in [2.45, 2.75) is 19.9 Å². The molecule has 1 aromatic heterocycles. The minimum atomic E-state index is -0.123. The lowest BCUT2D eigenvalue weighted by Crippen LogP contribution is -2.26. The topological polar surface area (TPSA) is 46.9 Å². The number of fused-ring (bicyclic) bond motifs is 1. The van der Waals surface area contributed by atoms with Gasteiger partial charge in [0.15, 0.2) is 0 Å². The molecule has 1 amide bonds. The minimum Gasteiger partial charge on any atom is -0.352 e. The predicted molar refractivity (Wildman–Crippen MR) is 89.3 cm³/mol. The van der Waals surface area contributed by atoms with E-state index in [0.29, 0.717) is 25.1 Å². The first kappa shape index (κ1) is 15.5. The van der Waals surface area contributed by atoms with E-state index >= 15 is 0 Å². The van der Waals surface area contributed by atoms with Gasteiger partial charge in [0.05, 0.1) is 17.6 Å². The Morgan fingerprint density at radius 3 is 2.76 bits per heavy atom. The summed E-state index contributed by atoms with van der Waals surface area (Å²) >= 11 is 3.40. The first-order valence-corrected chi connectivity index (χ1v) is 7.49. The fourth-order valence-electron chi connectivity index (χ4n) is 2.10. The Morgan fingerprint density at radius 1 is 1.38 bits per heavy atom. The third kappa shape index (κ3) is 3.82. The average Bonchev–Trinajstić information content (AvgIpc) is 2.76. The Morgan fingerprint density at radius 2 is 2.10 bits per heavy atom. The maximum absolute atomic E-state index is 11.5. The summed E-state index contributed by atoms with van der Waals surface area (Å²) in [4.78, 5) is 16.1. The van der Waals surface area contributed by atoms with E-state index in [4.69, 9.17) is 0 Å². The summed E-state index contributed by atoms with van der Waals surface area (Å²) in [5.74, 6) is 0.807. The van der Waals surface area contributed by atoms with Gasteiger partial charge in [-0.15, -0.1) is 0 Å². The van der Waals surface area contributed by atoms with Crippen LogP contribution in [0.1, 0.15) is 12.7 Å². The van der Waals surface area contributed by atoms with Gasteiger partial charge in [0.1, 0.15) is 5.82 Å². The van der Waals surface area contributed by atoms with Crippen LogP contribution in [0.2, 0.25) is 0 Å². The number of aromatic nitrogens is 2. The number of hydrogen-bond acceptors (Lipinski definition) is 2. The van der Waals surface area contributed by atoms with Gasteiger partial charge in [0.25, 0.3) is 0 Å². The molecule has 0 saturated heterocycles. The van der Waals surface area contributed by atoms with Gasteiger partial charge in [-0.2, -0.15) is 0 Å². The molecule has 21 heavy (non-hydrogen) atoms. The predicted octanol–water partition coefficient (Wildman–Crippen LogP) is 3.18. The molecule has 0 spiro atoms. The van der Waals surface area contributed by atoms with E-state index in [1.807, 2.05) is 24.3 Å². The maximum atomic E-state index is 11.5. The molecule has 0 fully saturated rings. The summed E-state index contributed by atoms with van der Waals surface area (Å²) in [6.07, 6.45) is 0.661. The highest BCUT2D eigenvalue weighted by Crippen LogP contribution is 2.19. The summed E-state index contributed by atoms with van der Waals surface area (Å²) in [6, 6.07) is 7.98. The van der Waals surface area contributed by atoms with Crippen LogP contribution in [0.4, 0.5) is 0 Å². The van der Waals surface area contributed by atoms with Crippen LogP contribution in [-0.2, 0) is 17.8 Å². The van der Waals surface area contributed by atoms with Crippen LogP contribution >= 0.6 is 15.9 Å². The number of carbonyl (C=O) groups excluding carboxylic acids is 1. The van der Waals surface area contributed by atoms with Gasteiger partial charge in [0.2, 0.25) is 5.91 Å². The van der Waals surface area contributed by atoms with Crippen molar-refractivity contribution in [1.29, 1.82) is 0 Å². The number of amides is 1. The van der Waals surface area contributed by atoms with E-state index < -0.39 is 0 Å². The molecule has 0 saturated carbocycles. The fourth-order valence-corrected chi connectivity index (χ4v) is 2.35. The maximum Gasteiger partial charge on any atom is 0.246 e. The van der Waals surface area contributed by atoms with Crippen LogP contribution in [0, 0.1) is 0 Å². The summed E-state index contributed by atoms with van der Waals surface area (Å²) in [5, 5.41) is 2.83. The quantitative estimate of drug-likeness (QED) is 0.815. The standard InChI is InChI=1S/C16H18BrN3O/c1-11(2)16(21)18-9-8-15-19-13-6-4-5-7-14(13)20(15)10-12(3)17/h4-7H,1,3,8-10H2,2H3,(H,18,21). The lowest BCUT2D eigenvalue weighted by Gasteiger charge is -2.09. The van der Waals surface area contributed by atoms with E-state index in [9.17, 15) is 4.79 Å². The van der Waals surface area contributed by atoms with Crippen LogP contribution in [0.15, 0.2) is 47.5 Å². The van der Waals surface area contributed by atoms with Crippen molar-refractivity contribution in [3.63, 3.8) is 0 Å². The van der Waals surface area contributed by atoms with Crippen molar-refractivity contribution >= 4 is 32.9 Å². The fraction of sp³-hybridized carbons (Fsp3) is 0.250. The molecule has 0 unspecified atom stereocenters. The molecule has 0 bridgehead atoms. The van der Waals surface area contributed by atoms with Crippen molar-refractivity contribution in [2.24, 2.45) is 0 Å². The zero-order valence-corrected chi connectivity index (χ0v) is 13.6. The van der Waals surface area contributed by atoms with Crippen LogP contribution in [0.5, 0.6) is 0 Å². The highest BCUT2D eigenvalue weighted by atomic mass is 79.9. The molecule has 0 radical (unpaired) electrons. The highest BCUT2D eigenvalue weighted by Gasteiger charge is 2.11. The highest BCUT2D eigenvalue weighted by molar-refractivity contribution is 9.11. The number of imidazole rings is 1. The normalized spacial score (nSPS) is 10.6. The number of halogens is 1. The minimum absolute atomic E-state index is 0.123. The number of rotatable bonds is 6. The number of para-hydroxylation sites is 2. The van der Waals surface area contributed by atoms with Gasteiger partial charge in [0, 0.05) is 23.0 Å². The molecule has 1 aromatic carbocycles. The van der Waals surface area contributed by atoms with Crippen molar-refractivity contribution in [2.75, 3.05) is 6.54 Å². The van der Waals surface area contributed by atoms with Crippen LogP contribution in [0.25, 0.3) is 11.0 Å². The van der Waals surface area contributed by atoms with E-state index in [0.717, 1.165) is 21.3 Å². The number of hydrogen-bond donors (Lipinski definition) is 1. The van der Waals surface area contributed by atoms with E-state index in [2.05, 4.69) is 44.0 Å². The van der Waals surface area contributed by atoms with Crippen molar-refractivity contribution in [1.82, 2.24) is 14.9 Å². The SMILES string of the molecule is C=C(Br)Cn1c(CCNC(=O)C(=C)C)nc2ccccc21. The molecule has 4 nitrogen and oxygen atoms in total. The zero-order chi connectivity index (χ0) is 15.4. The lowest BCUT2D eigenvalue weighted by molar-refractivity contribution is -0.117. The zero-order valence-electron chi connectivity index (χ0n) is 12.0. The summed E-state index contributed by atoms with van der Waals surface area (Å²) in [6.45, 7) is 10.4. The second-order valence-corrected chi connectivity index (χ2v) is 6.03.